The number of non-ortho nitro benzene ring substituents is 1. The number of thiazole rings is 1. The van der Waals surface area contributed by atoms with Crippen molar-refractivity contribution in [2.75, 3.05) is 4.90 Å². The van der Waals surface area contributed by atoms with E-state index in [2.05, 4.69) is 20.9 Å². The number of benzene rings is 3. The van der Waals surface area contributed by atoms with Gasteiger partial charge in [-0.2, -0.15) is 0 Å². The van der Waals surface area contributed by atoms with Gasteiger partial charge in [0.15, 0.2) is 0 Å². The lowest BCUT2D eigenvalue weighted by Gasteiger charge is -2.30. The second-order valence-electron chi connectivity index (χ2n) is 9.10. The molecule has 0 saturated carbocycles. The molecule has 3 atom stereocenters. The number of nitrogens with zero attached hydrogens (tertiary/aromatic N) is 2. The van der Waals surface area contributed by atoms with Gasteiger partial charge in [-0.1, -0.05) is 68.8 Å². The third-order valence-electron chi connectivity index (χ3n) is 6.79. The number of H-pyrrole nitrogens is 1. The van der Waals surface area contributed by atoms with E-state index < -0.39 is 33.8 Å². The molecule has 4 aromatic rings. The molecule has 13 heteroatoms. The van der Waals surface area contributed by atoms with E-state index in [0.717, 1.165) is 32.5 Å². The summed E-state index contributed by atoms with van der Waals surface area (Å²) in [6.07, 6.45) is 0. The largest absolute Gasteiger partial charge is 0.489 e. The van der Waals surface area contributed by atoms with Crippen molar-refractivity contribution in [3.63, 3.8) is 0 Å². The Kier molecular flexibility index (Phi) is 7.03. The van der Waals surface area contributed by atoms with Gasteiger partial charge < -0.3 is 9.72 Å². The van der Waals surface area contributed by atoms with E-state index in [1.807, 2.05) is 6.07 Å². The van der Waals surface area contributed by atoms with Crippen LogP contribution >= 0.6 is 50.6 Å². The highest BCUT2D eigenvalue weighted by atomic mass is 79.9. The first-order chi connectivity index (χ1) is 19.2. The van der Waals surface area contributed by atoms with Crippen LogP contribution in [0.3, 0.4) is 0 Å². The summed E-state index contributed by atoms with van der Waals surface area (Å²) >= 11 is 11.7. The van der Waals surface area contributed by atoms with Gasteiger partial charge in [0.1, 0.15) is 17.6 Å². The van der Waals surface area contributed by atoms with Crippen molar-refractivity contribution < 1.29 is 19.2 Å². The van der Waals surface area contributed by atoms with Crippen LogP contribution in [0.4, 0.5) is 11.4 Å². The number of thioether (sulfide) groups is 1. The Labute approximate surface area is 248 Å². The summed E-state index contributed by atoms with van der Waals surface area (Å²) < 4.78 is 6.93. The molecule has 1 saturated heterocycles. The molecule has 202 valence electrons. The van der Waals surface area contributed by atoms with Crippen LogP contribution in [0.25, 0.3) is 0 Å². The van der Waals surface area contributed by atoms with Gasteiger partial charge in [-0.15, -0.1) is 0 Å². The van der Waals surface area contributed by atoms with E-state index in [9.17, 15) is 24.5 Å². The van der Waals surface area contributed by atoms with Crippen LogP contribution in [-0.2, 0) is 16.2 Å². The molecular weight excluding hydrogens is 642 g/mol. The Morgan fingerprint density at radius 3 is 2.52 bits per heavy atom. The number of carbonyl (C=O) groups excluding carboxylic acids is 2. The quantitative estimate of drug-likeness (QED) is 0.150. The Hall–Kier alpha value is -3.45. The van der Waals surface area contributed by atoms with Crippen LogP contribution in [0.2, 0.25) is 5.02 Å². The molecule has 9 nitrogen and oxygen atoms in total. The number of ether oxygens (including phenoxy) is 1. The van der Waals surface area contributed by atoms with Gasteiger partial charge in [-0.25, -0.2) is 4.90 Å². The lowest BCUT2D eigenvalue weighted by atomic mass is 9.82. The second-order valence-corrected chi connectivity index (χ2v) is 12.6. The summed E-state index contributed by atoms with van der Waals surface area (Å²) in [5, 5.41) is 11.9. The number of fused-ring (bicyclic) bond motifs is 2. The highest BCUT2D eigenvalue weighted by Crippen LogP contribution is 2.55. The first-order valence-corrected chi connectivity index (χ1v) is 14.8. The van der Waals surface area contributed by atoms with Gasteiger partial charge in [0.05, 0.1) is 21.6 Å². The lowest BCUT2D eigenvalue weighted by Crippen LogP contribution is -2.32. The Morgan fingerprint density at radius 1 is 1.05 bits per heavy atom. The van der Waals surface area contributed by atoms with E-state index >= 15 is 0 Å². The summed E-state index contributed by atoms with van der Waals surface area (Å²) in [5.74, 6) is -2.36. The number of carbonyl (C=O) groups is 2. The monoisotopic (exact) mass is 657 g/mol. The maximum Gasteiger partial charge on any atom is 0.305 e. The molecular formula is C27H17BrClN3O6S2. The molecule has 3 heterocycles. The number of amides is 2. The van der Waals surface area contributed by atoms with Crippen LogP contribution in [-0.4, -0.2) is 27.0 Å². The Morgan fingerprint density at radius 2 is 1.80 bits per heavy atom. The molecule has 0 aliphatic carbocycles. The van der Waals surface area contributed by atoms with E-state index in [1.54, 1.807) is 42.5 Å². The van der Waals surface area contributed by atoms with E-state index in [0.29, 0.717) is 31.7 Å². The topological polar surface area (TPSA) is 123 Å². The van der Waals surface area contributed by atoms with Gasteiger partial charge in [0.2, 0.25) is 11.8 Å². The molecule has 3 aromatic carbocycles. The Balaban J connectivity index is 1.48. The number of nitro benzene ring substituents is 1. The summed E-state index contributed by atoms with van der Waals surface area (Å²) in [4.78, 5) is 55.5. The van der Waals surface area contributed by atoms with Gasteiger partial charge >= 0.3 is 4.87 Å². The highest BCUT2D eigenvalue weighted by molar-refractivity contribution is 9.10. The molecule has 40 heavy (non-hydrogen) atoms. The first kappa shape index (κ1) is 26.8. The zero-order valence-electron chi connectivity index (χ0n) is 20.2. The minimum absolute atomic E-state index is 0.0637. The summed E-state index contributed by atoms with van der Waals surface area (Å²) in [7, 11) is 0. The van der Waals surface area contributed by atoms with Crippen molar-refractivity contribution in [1.29, 1.82) is 0 Å². The number of aromatic nitrogens is 1. The smallest absolute Gasteiger partial charge is 0.305 e. The van der Waals surface area contributed by atoms with Gasteiger partial charge in [0.25, 0.3) is 5.69 Å². The van der Waals surface area contributed by atoms with Crippen LogP contribution in [0, 0.1) is 16.0 Å². The molecule has 2 aliphatic heterocycles. The maximum atomic E-state index is 14.0. The molecule has 0 radical (unpaired) electrons. The molecule has 2 amide bonds. The number of halogens is 2. The van der Waals surface area contributed by atoms with Gasteiger partial charge in [0, 0.05) is 43.6 Å². The molecule has 2 aliphatic rings. The fourth-order valence-electron chi connectivity index (χ4n) is 4.99. The lowest BCUT2D eigenvalue weighted by molar-refractivity contribution is -0.385. The van der Waals surface area contributed by atoms with Crippen LogP contribution in [0.15, 0.2) is 81.0 Å². The van der Waals surface area contributed by atoms with Gasteiger partial charge in [-0.05, 0) is 36.4 Å². The van der Waals surface area contributed by atoms with E-state index in [1.165, 1.54) is 18.2 Å². The molecule has 0 bridgehead atoms. The predicted molar refractivity (Wildman–Crippen MR) is 155 cm³/mol. The SMILES string of the molecule is O=C1C2Sc3[nH]c(=O)sc3C(c3cc([N+](=O)[O-])ccc3OCc3ccccc3Cl)C2C(=O)N1c1ccc(Br)cc1. The van der Waals surface area contributed by atoms with Crippen molar-refractivity contribution in [2.45, 2.75) is 22.8 Å². The summed E-state index contributed by atoms with van der Waals surface area (Å²) in [6.45, 7) is 0.0637. The molecule has 1 N–H and O–H groups in total. The van der Waals surface area contributed by atoms with E-state index in [-0.39, 0.29) is 22.9 Å². The van der Waals surface area contributed by atoms with Crippen LogP contribution < -0.4 is 14.5 Å². The molecule has 3 unspecified atom stereocenters. The van der Waals surface area contributed by atoms with Crippen molar-refractivity contribution in [3.8, 4) is 5.75 Å². The van der Waals surface area contributed by atoms with Crippen molar-refractivity contribution in [2.24, 2.45) is 5.92 Å². The third kappa shape index (κ3) is 4.64. The van der Waals surface area contributed by atoms with Crippen molar-refractivity contribution in [3.05, 3.63) is 112 Å². The average molecular weight is 659 g/mol. The molecule has 1 aromatic heterocycles. The number of aromatic amines is 1. The minimum Gasteiger partial charge on any atom is -0.489 e. The molecule has 6 rings (SSSR count). The summed E-state index contributed by atoms with van der Waals surface area (Å²) in [5.41, 5.74) is 1.25. The highest BCUT2D eigenvalue weighted by Gasteiger charge is 2.57. The first-order valence-electron chi connectivity index (χ1n) is 11.9. The molecule has 1 fully saturated rings. The average Bonchev–Trinajstić information content (AvgIpc) is 3.43. The maximum absolute atomic E-state index is 14.0. The predicted octanol–water partition coefficient (Wildman–Crippen LogP) is 6.14. The zero-order chi connectivity index (χ0) is 28.1. The zero-order valence-corrected chi connectivity index (χ0v) is 24.2. The van der Waals surface area contributed by atoms with E-state index in [4.69, 9.17) is 16.3 Å². The third-order valence-corrected chi connectivity index (χ3v) is 10.1. The van der Waals surface area contributed by atoms with Gasteiger partial charge in [-0.3, -0.25) is 24.5 Å². The number of nitro groups is 1. The number of anilines is 1. The fourth-order valence-corrected chi connectivity index (χ4v) is 7.95. The number of hydrogen-bond donors (Lipinski definition) is 1. The van der Waals surface area contributed by atoms with Crippen molar-refractivity contribution >= 4 is 73.8 Å². The molecule has 0 spiro atoms. The fraction of sp³-hybridized carbons (Fsp3) is 0.148. The summed E-state index contributed by atoms with van der Waals surface area (Å²) in [6, 6.07) is 18.1. The van der Waals surface area contributed by atoms with Crippen molar-refractivity contribution in [1.82, 2.24) is 4.98 Å². The normalized spacial score (nSPS) is 19.9. The van der Waals surface area contributed by atoms with Crippen LogP contribution in [0.1, 0.15) is 21.9 Å². The Bertz CT molecular complexity index is 1740. The number of rotatable bonds is 6. The van der Waals surface area contributed by atoms with Crippen LogP contribution in [0.5, 0.6) is 5.75 Å². The number of hydrogen-bond acceptors (Lipinski definition) is 8. The number of nitrogens with one attached hydrogen (secondary N) is 1. The minimum atomic E-state index is -0.926. The standard InChI is InChI=1S/C27H17BrClN3O6S2/c28-14-5-7-15(8-6-14)31-25(33)21-20(22-24(30-27(35)40-22)39-23(21)26(31)34)17-11-16(32(36)37)9-10-19(17)38-12-13-3-1-2-4-18(13)29/h1-11,20-21,23H,12H2,(H,30,35). The number of imide groups is 1. The second kappa shape index (κ2) is 10.5.